The number of allylic oxidation sites excluding steroid dienone is 1. The molecule has 1 saturated heterocycles. The van der Waals surface area contributed by atoms with E-state index >= 15 is 0 Å². The topological polar surface area (TPSA) is 182 Å². The molecule has 4 amide bonds. The summed E-state index contributed by atoms with van der Waals surface area (Å²) in [5.74, 6) is -2.36. The molecule has 2 aromatic rings. The van der Waals surface area contributed by atoms with Gasteiger partial charge in [0.25, 0.3) is 15.9 Å². The number of nitrogens with one attached hydrogen (secondary N) is 3. The molecule has 2 aliphatic carbocycles. The van der Waals surface area contributed by atoms with Gasteiger partial charge in [0.05, 0.1) is 19.9 Å². The number of carbonyl (C=O) groups is 4. The third kappa shape index (κ3) is 8.13. The van der Waals surface area contributed by atoms with Crippen LogP contribution in [0.2, 0.25) is 0 Å². The zero-order valence-electron chi connectivity index (χ0n) is 31.5. The highest BCUT2D eigenvalue weighted by Gasteiger charge is 2.64. The van der Waals surface area contributed by atoms with E-state index in [1.807, 2.05) is 48.9 Å². The van der Waals surface area contributed by atoms with Gasteiger partial charge in [-0.05, 0) is 64.4 Å². The molecule has 1 aromatic carbocycles. The van der Waals surface area contributed by atoms with Gasteiger partial charge in [-0.1, -0.05) is 44.2 Å². The summed E-state index contributed by atoms with van der Waals surface area (Å²) < 4.78 is 59.7. The van der Waals surface area contributed by atoms with Gasteiger partial charge in [0.2, 0.25) is 22.7 Å². The number of alkyl halides is 1. The van der Waals surface area contributed by atoms with Gasteiger partial charge in [-0.2, -0.15) is 0 Å². The van der Waals surface area contributed by atoms with Crippen molar-refractivity contribution >= 4 is 44.6 Å². The average Bonchev–Trinajstić information content (AvgIpc) is 3.98. The second kappa shape index (κ2) is 14.6. The van der Waals surface area contributed by atoms with Crippen LogP contribution in [0, 0.1) is 17.8 Å². The standard InChI is InChI=1S/C38H50FN5O9S/c1-22-11-7-8-12-24-19-38(24,34(47)43-54(49,50)37(39)15-16-37)42-31(45)28-18-25(52-32-27-14-10-9-13-26(27)29(51-6)20-40-32)21-44(28)33(46)30(23(2)17-22)41-35(48)53-36(3,4)5/h8-10,12-14,20,22-25,28,30H,7,11,15-19,21H2,1-6H3,(H,41,48)(H,42,45)(H,43,47)/b12-8-/t22-,23-,24-,25-,28+,30+,38-/m1/s1. The molecule has 7 atom stereocenters. The summed E-state index contributed by atoms with van der Waals surface area (Å²) in [6.07, 6.45) is 5.13. The lowest BCUT2D eigenvalue weighted by atomic mass is 9.88. The number of fused-ring (bicyclic) bond motifs is 3. The molecule has 3 heterocycles. The number of aromatic nitrogens is 1. The second-order valence-corrected chi connectivity index (χ2v) is 18.1. The second-order valence-electron chi connectivity index (χ2n) is 16.2. The van der Waals surface area contributed by atoms with Crippen molar-refractivity contribution < 1.29 is 46.2 Å². The number of hydrogen-bond donors (Lipinski definition) is 3. The SMILES string of the molecule is COc1cnc(O[C@@H]2C[C@H]3C(=O)N[C@]4(C(=O)NS(=O)(=O)C5(F)CC5)C[C@H]4/C=C\CC[C@@H](C)C[C@@H](C)[C@H](NC(=O)OC(C)(C)C)C(=O)N3C2)c2ccccc12. The van der Waals surface area contributed by atoms with Crippen LogP contribution in [0.15, 0.2) is 42.6 Å². The van der Waals surface area contributed by atoms with Gasteiger partial charge in [0.1, 0.15) is 35.1 Å². The van der Waals surface area contributed by atoms with Crippen LogP contribution in [0.3, 0.4) is 0 Å². The zero-order valence-corrected chi connectivity index (χ0v) is 32.3. The van der Waals surface area contributed by atoms with Gasteiger partial charge in [0.15, 0.2) is 0 Å². The molecule has 3 fully saturated rings. The quantitative estimate of drug-likeness (QED) is 0.344. The third-order valence-electron chi connectivity index (χ3n) is 10.7. The molecule has 2 saturated carbocycles. The van der Waals surface area contributed by atoms with Gasteiger partial charge >= 0.3 is 6.09 Å². The minimum Gasteiger partial charge on any atom is -0.494 e. The van der Waals surface area contributed by atoms with Gasteiger partial charge in [0, 0.05) is 36.0 Å². The van der Waals surface area contributed by atoms with E-state index in [0.29, 0.717) is 24.0 Å². The summed E-state index contributed by atoms with van der Waals surface area (Å²) in [6.45, 7) is 8.97. The van der Waals surface area contributed by atoms with E-state index in [1.54, 1.807) is 26.8 Å². The van der Waals surface area contributed by atoms with E-state index < -0.39 is 74.1 Å². The molecule has 6 rings (SSSR count). The maximum atomic E-state index is 14.8. The number of alkyl carbamates (subject to hydrolysis) is 1. The smallest absolute Gasteiger partial charge is 0.408 e. The van der Waals surface area contributed by atoms with Gasteiger partial charge in [-0.25, -0.2) is 27.3 Å². The molecule has 16 heteroatoms. The number of sulfonamides is 1. The highest BCUT2D eigenvalue weighted by Crippen LogP contribution is 2.48. The van der Waals surface area contributed by atoms with Crippen molar-refractivity contribution in [3.8, 4) is 11.6 Å². The number of rotatable bonds is 7. The van der Waals surface area contributed by atoms with Crippen LogP contribution in [0.1, 0.15) is 79.6 Å². The number of pyridine rings is 1. The van der Waals surface area contributed by atoms with Crippen molar-refractivity contribution in [1.82, 2.24) is 25.2 Å². The Morgan fingerprint density at radius 3 is 2.46 bits per heavy atom. The zero-order chi connectivity index (χ0) is 39.2. The summed E-state index contributed by atoms with van der Waals surface area (Å²) >= 11 is 0. The summed E-state index contributed by atoms with van der Waals surface area (Å²) in [7, 11) is -3.13. The number of halogens is 1. The summed E-state index contributed by atoms with van der Waals surface area (Å²) in [5.41, 5.74) is -2.54. The molecule has 2 aliphatic heterocycles. The minimum absolute atomic E-state index is 0.0202. The van der Waals surface area contributed by atoms with Crippen LogP contribution in [0.4, 0.5) is 9.18 Å². The van der Waals surface area contributed by atoms with E-state index in [0.717, 1.165) is 11.8 Å². The lowest BCUT2D eigenvalue weighted by Crippen LogP contribution is -2.59. The van der Waals surface area contributed by atoms with E-state index in [-0.39, 0.29) is 49.9 Å². The Morgan fingerprint density at radius 2 is 1.80 bits per heavy atom. The van der Waals surface area contributed by atoms with E-state index in [1.165, 1.54) is 18.2 Å². The van der Waals surface area contributed by atoms with Crippen LogP contribution in [-0.4, -0.2) is 90.1 Å². The molecule has 54 heavy (non-hydrogen) atoms. The molecular formula is C38H50FN5O9S. The number of carbonyl (C=O) groups excluding carboxylic acids is 4. The first-order chi connectivity index (χ1) is 25.4. The molecule has 3 N–H and O–H groups in total. The Labute approximate surface area is 315 Å². The Balaban J connectivity index is 1.35. The molecule has 0 spiro atoms. The van der Waals surface area contributed by atoms with Gasteiger partial charge < -0.3 is 29.7 Å². The molecule has 0 radical (unpaired) electrons. The maximum absolute atomic E-state index is 14.8. The van der Waals surface area contributed by atoms with Crippen LogP contribution < -0.4 is 24.8 Å². The largest absolute Gasteiger partial charge is 0.494 e. The molecular weight excluding hydrogens is 722 g/mol. The summed E-state index contributed by atoms with van der Waals surface area (Å²) in [5, 5.41) is 4.41. The van der Waals surface area contributed by atoms with Crippen LogP contribution in [0.25, 0.3) is 10.8 Å². The van der Waals surface area contributed by atoms with E-state index in [2.05, 4.69) is 15.6 Å². The molecule has 14 nitrogen and oxygen atoms in total. The third-order valence-corrected chi connectivity index (χ3v) is 12.5. The van der Waals surface area contributed by atoms with Crippen molar-refractivity contribution in [3.05, 3.63) is 42.6 Å². The van der Waals surface area contributed by atoms with Crippen molar-refractivity contribution in [2.45, 2.75) is 114 Å². The summed E-state index contributed by atoms with van der Waals surface area (Å²) in [4.78, 5) is 61.8. The number of nitrogens with zero attached hydrogens (tertiary/aromatic N) is 2. The minimum atomic E-state index is -4.66. The summed E-state index contributed by atoms with van der Waals surface area (Å²) in [6, 6.07) is 5.04. The number of methoxy groups -OCH3 is 1. The first kappa shape index (κ1) is 39.2. The number of ether oxygens (including phenoxy) is 3. The number of hydrogen-bond acceptors (Lipinski definition) is 10. The fraction of sp³-hybridized carbons (Fsp3) is 0.605. The van der Waals surface area contributed by atoms with Gasteiger partial charge in [-0.15, -0.1) is 0 Å². The van der Waals surface area contributed by atoms with E-state index in [9.17, 15) is 32.0 Å². The van der Waals surface area contributed by atoms with Crippen molar-refractivity contribution in [2.75, 3.05) is 13.7 Å². The molecule has 1 aromatic heterocycles. The maximum Gasteiger partial charge on any atom is 0.408 e. The highest BCUT2D eigenvalue weighted by atomic mass is 32.2. The molecule has 4 aliphatic rings. The fourth-order valence-corrected chi connectivity index (χ4v) is 8.73. The fourth-order valence-electron chi connectivity index (χ4n) is 7.48. The van der Waals surface area contributed by atoms with E-state index in [4.69, 9.17) is 14.2 Å². The monoisotopic (exact) mass is 771 g/mol. The first-order valence-electron chi connectivity index (χ1n) is 18.5. The Morgan fingerprint density at radius 1 is 1.09 bits per heavy atom. The first-order valence-corrected chi connectivity index (χ1v) is 20.0. The van der Waals surface area contributed by atoms with Crippen LogP contribution >= 0.6 is 0 Å². The van der Waals surface area contributed by atoms with Crippen molar-refractivity contribution in [1.29, 1.82) is 0 Å². The van der Waals surface area contributed by atoms with Gasteiger partial charge in [-0.3, -0.25) is 14.4 Å². The Hall–Kier alpha value is -4.47. The normalized spacial score (nSPS) is 30.4. The lowest BCUT2D eigenvalue weighted by Gasteiger charge is -2.33. The Bertz CT molecular complexity index is 1950. The average molecular weight is 772 g/mol. The molecule has 0 bridgehead atoms. The van der Waals surface area contributed by atoms with Crippen molar-refractivity contribution in [2.24, 2.45) is 17.8 Å². The number of amides is 4. The predicted octanol–water partition coefficient (Wildman–Crippen LogP) is 4.28. The Kier molecular flexibility index (Phi) is 10.6. The number of benzene rings is 1. The predicted molar refractivity (Wildman–Crippen MR) is 196 cm³/mol. The molecule has 0 unspecified atom stereocenters. The lowest BCUT2D eigenvalue weighted by molar-refractivity contribution is -0.142. The molecule has 294 valence electrons. The highest BCUT2D eigenvalue weighted by molar-refractivity contribution is 7.91. The van der Waals surface area contributed by atoms with Crippen molar-refractivity contribution in [3.63, 3.8) is 0 Å². The van der Waals surface area contributed by atoms with Crippen LogP contribution in [0.5, 0.6) is 11.6 Å². The van der Waals surface area contributed by atoms with Crippen LogP contribution in [-0.2, 0) is 29.1 Å².